The van der Waals surface area contributed by atoms with Crippen molar-refractivity contribution in [3.8, 4) is 0 Å². The molecule has 20 heavy (non-hydrogen) atoms. The van der Waals surface area contributed by atoms with Crippen molar-refractivity contribution in [3.05, 3.63) is 0 Å². The first-order valence-corrected chi connectivity index (χ1v) is 7.79. The molecule has 4 atom stereocenters. The standard InChI is InChI=1S/C15H29N3O2/c1-11(8-15(3,16-4)14(19)20)18-10-13-6-5-7-17(13)9-12(18)2/h11-13,16H,5-10H2,1-4H3,(H,19,20). The molecule has 0 amide bonds. The van der Waals surface area contributed by atoms with E-state index in [9.17, 15) is 9.90 Å². The molecule has 5 heteroatoms. The molecule has 0 bridgehead atoms. The van der Waals surface area contributed by atoms with Crippen LogP contribution in [0.15, 0.2) is 0 Å². The Hall–Kier alpha value is -0.650. The number of rotatable bonds is 5. The molecule has 2 saturated heterocycles. The summed E-state index contributed by atoms with van der Waals surface area (Å²) in [6.07, 6.45) is 3.23. The number of aliphatic carboxylic acids is 1. The summed E-state index contributed by atoms with van der Waals surface area (Å²) in [6.45, 7) is 9.66. The van der Waals surface area contributed by atoms with Crippen LogP contribution >= 0.6 is 0 Å². The zero-order valence-electron chi connectivity index (χ0n) is 13.2. The lowest BCUT2D eigenvalue weighted by Crippen LogP contribution is -2.60. The van der Waals surface area contributed by atoms with Gasteiger partial charge in [0.25, 0.3) is 0 Å². The quantitative estimate of drug-likeness (QED) is 0.788. The molecule has 4 unspecified atom stereocenters. The van der Waals surface area contributed by atoms with E-state index in [0.29, 0.717) is 18.5 Å². The Bertz CT molecular complexity index is 363. The first-order valence-electron chi connectivity index (χ1n) is 7.79. The van der Waals surface area contributed by atoms with Gasteiger partial charge in [-0.05, 0) is 53.6 Å². The average Bonchev–Trinajstić information content (AvgIpc) is 2.84. The summed E-state index contributed by atoms with van der Waals surface area (Å²) in [4.78, 5) is 16.5. The number of hydrogen-bond acceptors (Lipinski definition) is 4. The van der Waals surface area contributed by atoms with Gasteiger partial charge < -0.3 is 10.4 Å². The Morgan fingerprint density at radius 1 is 1.50 bits per heavy atom. The average molecular weight is 283 g/mol. The fourth-order valence-corrected chi connectivity index (χ4v) is 3.83. The van der Waals surface area contributed by atoms with Crippen molar-refractivity contribution in [2.24, 2.45) is 0 Å². The molecule has 2 rings (SSSR count). The smallest absolute Gasteiger partial charge is 0.323 e. The number of likely N-dealkylation sites (N-methyl/N-ethyl adjacent to an activating group) is 1. The molecule has 2 fully saturated rings. The highest BCUT2D eigenvalue weighted by Crippen LogP contribution is 2.28. The summed E-state index contributed by atoms with van der Waals surface area (Å²) in [6, 6.07) is 1.47. The fraction of sp³-hybridized carbons (Fsp3) is 0.933. The topological polar surface area (TPSA) is 55.8 Å². The van der Waals surface area contributed by atoms with Gasteiger partial charge in [-0.15, -0.1) is 0 Å². The first kappa shape index (κ1) is 15.7. The second kappa shape index (κ2) is 6.00. The summed E-state index contributed by atoms with van der Waals surface area (Å²) >= 11 is 0. The molecular formula is C15H29N3O2. The van der Waals surface area contributed by atoms with Crippen molar-refractivity contribution >= 4 is 5.97 Å². The van der Waals surface area contributed by atoms with Crippen LogP contribution in [0.25, 0.3) is 0 Å². The maximum atomic E-state index is 11.4. The Morgan fingerprint density at radius 3 is 2.80 bits per heavy atom. The van der Waals surface area contributed by atoms with Crippen LogP contribution in [0.4, 0.5) is 0 Å². The minimum absolute atomic E-state index is 0.279. The van der Waals surface area contributed by atoms with E-state index < -0.39 is 11.5 Å². The van der Waals surface area contributed by atoms with Crippen molar-refractivity contribution in [1.82, 2.24) is 15.1 Å². The normalized spacial score (nSPS) is 32.6. The number of nitrogens with one attached hydrogen (secondary N) is 1. The molecule has 2 heterocycles. The molecule has 0 aliphatic carbocycles. The molecule has 2 aliphatic heterocycles. The van der Waals surface area contributed by atoms with E-state index in [1.165, 1.54) is 19.4 Å². The summed E-state index contributed by atoms with van der Waals surface area (Å²) in [5.74, 6) is -0.765. The van der Waals surface area contributed by atoms with E-state index in [1.54, 1.807) is 14.0 Å². The van der Waals surface area contributed by atoms with Crippen LogP contribution in [0.1, 0.15) is 40.0 Å². The minimum atomic E-state index is -0.841. The minimum Gasteiger partial charge on any atom is -0.480 e. The van der Waals surface area contributed by atoms with Crippen molar-refractivity contribution in [1.29, 1.82) is 0 Å². The highest BCUT2D eigenvalue weighted by atomic mass is 16.4. The number of fused-ring (bicyclic) bond motifs is 1. The molecule has 0 spiro atoms. The van der Waals surface area contributed by atoms with Gasteiger partial charge in [-0.3, -0.25) is 14.6 Å². The molecule has 5 nitrogen and oxygen atoms in total. The van der Waals surface area contributed by atoms with E-state index in [0.717, 1.165) is 13.1 Å². The van der Waals surface area contributed by atoms with Gasteiger partial charge in [0.1, 0.15) is 5.54 Å². The third-order valence-corrected chi connectivity index (χ3v) is 5.28. The second-order valence-corrected chi connectivity index (χ2v) is 6.78. The molecule has 2 aliphatic rings. The van der Waals surface area contributed by atoms with Crippen molar-refractivity contribution in [3.63, 3.8) is 0 Å². The van der Waals surface area contributed by atoms with Crippen LogP contribution in [0.5, 0.6) is 0 Å². The lowest BCUT2D eigenvalue weighted by molar-refractivity contribution is -0.145. The van der Waals surface area contributed by atoms with Gasteiger partial charge >= 0.3 is 5.97 Å². The molecule has 116 valence electrons. The molecule has 0 aromatic carbocycles. The maximum absolute atomic E-state index is 11.4. The summed E-state index contributed by atoms with van der Waals surface area (Å²) in [7, 11) is 1.74. The molecule has 2 N–H and O–H groups in total. The van der Waals surface area contributed by atoms with Crippen molar-refractivity contribution in [2.75, 3.05) is 26.7 Å². The number of nitrogens with zero attached hydrogens (tertiary/aromatic N) is 2. The summed E-state index contributed by atoms with van der Waals surface area (Å²) in [5, 5.41) is 12.4. The maximum Gasteiger partial charge on any atom is 0.323 e. The summed E-state index contributed by atoms with van der Waals surface area (Å²) < 4.78 is 0. The molecule has 0 radical (unpaired) electrons. The fourth-order valence-electron chi connectivity index (χ4n) is 3.83. The predicted molar refractivity (Wildman–Crippen MR) is 79.9 cm³/mol. The number of carboxylic acid groups (broad SMARTS) is 1. The van der Waals surface area contributed by atoms with E-state index >= 15 is 0 Å². The van der Waals surface area contributed by atoms with Crippen molar-refractivity contribution < 1.29 is 9.90 Å². The third-order valence-electron chi connectivity index (χ3n) is 5.28. The van der Waals surface area contributed by atoms with Gasteiger partial charge in [-0.1, -0.05) is 0 Å². The highest BCUT2D eigenvalue weighted by molar-refractivity contribution is 5.78. The zero-order valence-corrected chi connectivity index (χ0v) is 13.2. The van der Waals surface area contributed by atoms with Crippen LogP contribution in [-0.2, 0) is 4.79 Å². The van der Waals surface area contributed by atoms with Gasteiger partial charge in [0.15, 0.2) is 0 Å². The molecule has 0 aromatic rings. The lowest BCUT2D eigenvalue weighted by atomic mass is 9.91. The van der Waals surface area contributed by atoms with E-state index in [-0.39, 0.29) is 6.04 Å². The monoisotopic (exact) mass is 283 g/mol. The predicted octanol–water partition coefficient (Wildman–Crippen LogP) is 0.996. The molecule has 0 saturated carbocycles. The Balaban J connectivity index is 2.01. The number of carboxylic acids is 1. The second-order valence-electron chi connectivity index (χ2n) is 6.78. The van der Waals surface area contributed by atoms with E-state index in [2.05, 4.69) is 29.0 Å². The van der Waals surface area contributed by atoms with Crippen LogP contribution in [0.2, 0.25) is 0 Å². The zero-order chi connectivity index (χ0) is 14.9. The molecule has 0 aromatic heterocycles. The Labute approximate surface area is 122 Å². The van der Waals surface area contributed by atoms with Gasteiger partial charge in [0, 0.05) is 31.2 Å². The van der Waals surface area contributed by atoms with Gasteiger partial charge in [-0.2, -0.15) is 0 Å². The third kappa shape index (κ3) is 3.00. The number of carbonyl (C=O) groups is 1. The van der Waals surface area contributed by atoms with Crippen LogP contribution in [0, 0.1) is 0 Å². The van der Waals surface area contributed by atoms with Crippen LogP contribution in [0.3, 0.4) is 0 Å². The number of hydrogen-bond donors (Lipinski definition) is 2. The van der Waals surface area contributed by atoms with Crippen molar-refractivity contribution in [2.45, 2.75) is 63.7 Å². The SMILES string of the molecule is CNC(C)(CC(C)N1CC2CCCN2CC1C)C(=O)O. The van der Waals surface area contributed by atoms with Crippen LogP contribution in [-0.4, -0.2) is 71.2 Å². The Kier molecular flexibility index (Phi) is 4.72. The van der Waals surface area contributed by atoms with Gasteiger partial charge in [-0.25, -0.2) is 0 Å². The first-order chi connectivity index (χ1) is 9.37. The van der Waals surface area contributed by atoms with Gasteiger partial charge in [0.05, 0.1) is 0 Å². The number of piperazine rings is 1. The van der Waals surface area contributed by atoms with Crippen LogP contribution < -0.4 is 5.32 Å². The lowest BCUT2D eigenvalue weighted by Gasteiger charge is -2.46. The van der Waals surface area contributed by atoms with Gasteiger partial charge in [0.2, 0.25) is 0 Å². The largest absolute Gasteiger partial charge is 0.480 e. The summed E-state index contributed by atoms with van der Waals surface area (Å²) in [5.41, 5.74) is -0.841. The molecular weight excluding hydrogens is 254 g/mol. The highest BCUT2D eigenvalue weighted by Gasteiger charge is 2.40. The van der Waals surface area contributed by atoms with E-state index in [4.69, 9.17) is 0 Å². The Morgan fingerprint density at radius 2 is 2.20 bits per heavy atom. The van der Waals surface area contributed by atoms with E-state index in [1.807, 2.05) is 0 Å².